The summed E-state index contributed by atoms with van der Waals surface area (Å²) in [5.41, 5.74) is 3.16. The molecule has 3 aromatic carbocycles. The van der Waals surface area contributed by atoms with Crippen LogP contribution < -0.4 is 10.3 Å². The van der Waals surface area contributed by atoms with Crippen molar-refractivity contribution in [2.24, 2.45) is 0 Å². The number of fused-ring (bicyclic) bond motifs is 1. The summed E-state index contributed by atoms with van der Waals surface area (Å²) in [7, 11) is 1.59. The van der Waals surface area contributed by atoms with Crippen molar-refractivity contribution in [1.82, 2.24) is 30.1 Å². The Morgan fingerprint density at radius 3 is 2.53 bits per heavy atom. The number of methoxy groups -OCH3 is 1. The minimum atomic E-state index is -0.291. The summed E-state index contributed by atoms with van der Waals surface area (Å²) >= 11 is 0. The molecule has 0 saturated carbocycles. The number of aromatic amines is 1. The maximum Gasteiger partial charge on any atom is 0.252 e. The summed E-state index contributed by atoms with van der Waals surface area (Å²) in [4.78, 5) is 18.3. The maximum atomic E-state index is 13.6. The van der Waals surface area contributed by atoms with Crippen molar-refractivity contribution in [3.05, 3.63) is 118 Å². The second-order valence-corrected chi connectivity index (χ2v) is 9.21. The topological polar surface area (TPSA) is 88.9 Å². The van der Waals surface area contributed by atoms with Gasteiger partial charge in [-0.15, -0.1) is 5.10 Å². The van der Waals surface area contributed by atoms with Gasteiger partial charge < -0.3 is 9.72 Å². The number of hydrogen-bond donors (Lipinski definition) is 1. The fourth-order valence-electron chi connectivity index (χ4n) is 4.71. The first-order valence-corrected chi connectivity index (χ1v) is 12.5. The summed E-state index contributed by atoms with van der Waals surface area (Å²) in [5, 5.41) is 13.5. The molecule has 0 fully saturated rings. The van der Waals surface area contributed by atoms with Gasteiger partial charge in [-0.1, -0.05) is 49.4 Å². The second-order valence-electron chi connectivity index (χ2n) is 9.21. The molecule has 0 amide bonds. The lowest BCUT2D eigenvalue weighted by atomic mass is 10.1. The molecule has 9 heteroatoms. The Morgan fingerprint density at radius 2 is 1.79 bits per heavy atom. The fraction of sp³-hybridized carbons (Fsp3) is 0.241. The van der Waals surface area contributed by atoms with E-state index in [1.807, 2.05) is 54.6 Å². The molecule has 5 aromatic rings. The molecule has 0 aliphatic heterocycles. The Bertz CT molecular complexity index is 1570. The number of benzene rings is 3. The largest absolute Gasteiger partial charge is 0.497 e. The molecule has 0 aliphatic carbocycles. The lowest BCUT2D eigenvalue weighted by Crippen LogP contribution is -2.32. The third kappa shape index (κ3) is 5.63. The number of nitrogens with one attached hydrogen (secondary N) is 1. The first-order valence-electron chi connectivity index (χ1n) is 12.5. The number of ether oxygens (including phenoxy) is 1. The minimum Gasteiger partial charge on any atom is -0.497 e. The van der Waals surface area contributed by atoms with E-state index in [-0.39, 0.29) is 17.4 Å². The van der Waals surface area contributed by atoms with Crippen LogP contribution >= 0.6 is 0 Å². The van der Waals surface area contributed by atoms with Gasteiger partial charge in [0.2, 0.25) is 0 Å². The van der Waals surface area contributed by atoms with Crippen molar-refractivity contribution < 1.29 is 9.13 Å². The van der Waals surface area contributed by atoms with E-state index in [9.17, 15) is 9.18 Å². The van der Waals surface area contributed by atoms with Crippen molar-refractivity contribution in [1.29, 1.82) is 0 Å². The number of tetrazole rings is 1. The van der Waals surface area contributed by atoms with E-state index in [1.165, 1.54) is 12.1 Å². The molecular formula is C29H29FN6O2. The lowest BCUT2D eigenvalue weighted by Gasteiger charge is -2.30. The van der Waals surface area contributed by atoms with Crippen molar-refractivity contribution in [2.75, 3.05) is 7.11 Å². The van der Waals surface area contributed by atoms with Crippen LogP contribution in [0.1, 0.15) is 41.9 Å². The number of rotatable bonds is 10. The van der Waals surface area contributed by atoms with Crippen LogP contribution in [0.5, 0.6) is 5.75 Å². The quantitative estimate of drug-likeness (QED) is 0.287. The average Bonchev–Trinajstić information content (AvgIpc) is 3.38. The van der Waals surface area contributed by atoms with Crippen LogP contribution in [0.15, 0.2) is 83.7 Å². The molecule has 1 atom stereocenters. The third-order valence-electron chi connectivity index (χ3n) is 6.66. The maximum absolute atomic E-state index is 13.6. The van der Waals surface area contributed by atoms with Gasteiger partial charge in [-0.25, -0.2) is 9.07 Å². The Labute approximate surface area is 219 Å². The SMILES string of the molecule is CC[C@H](c1nnnn1Cc1ccccc1)N(Cc1ccc(F)cc1)Cc1cc2ccc(OC)cc2[nH]c1=O. The van der Waals surface area contributed by atoms with E-state index in [2.05, 4.69) is 32.3 Å². The minimum absolute atomic E-state index is 0.173. The second kappa shape index (κ2) is 11.4. The molecule has 0 saturated heterocycles. The van der Waals surface area contributed by atoms with Gasteiger partial charge in [0.1, 0.15) is 11.6 Å². The molecule has 1 N–H and O–H groups in total. The molecule has 0 spiro atoms. The molecule has 0 radical (unpaired) electrons. The smallest absolute Gasteiger partial charge is 0.252 e. The van der Waals surface area contributed by atoms with Gasteiger partial charge in [0.05, 0.1) is 25.2 Å². The summed E-state index contributed by atoms with van der Waals surface area (Å²) in [6, 6.07) is 23.8. The number of H-pyrrole nitrogens is 1. The van der Waals surface area contributed by atoms with E-state index >= 15 is 0 Å². The fourth-order valence-corrected chi connectivity index (χ4v) is 4.71. The molecule has 2 heterocycles. The highest BCUT2D eigenvalue weighted by molar-refractivity contribution is 5.80. The van der Waals surface area contributed by atoms with Crippen LogP contribution in [0.2, 0.25) is 0 Å². The predicted octanol–water partition coefficient (Wildman–Crippen LogP) is 4.86. The Morgan fingerprint density at radius 1 is 1.00 bits per heavy atom. The van der Waals surface area contributed by atoms with Crippen LogP contribution in [-0.4, -0.2) is 37.2 Å². The van der Waals surface area contributed by atoms with Crippen LogP contribution in [0.3, 0.4) is 0 Å². The molecule has 8 nitrogen and oxygen atoms in total. The number of halogens is 1. The number of hydrogen-bond acceptors (Lipinski definition) is 6. The molecule has 0 unspecified atom stereocenters. The Balaban J connectivity index is 1.51. The van der Waals surface area contributed by atoms with Gasteiger partial charge in [-0.05, 0) is 63.7 Å². The predicted molar refractivity (Wildman–Crippen MR) is 143 cm³/mol. The highest BCUT2D eigenvalue weighted by Gasteiger charge is 2.26. The first kappa shape index (κ1) is 25.3. The number of aromatic nitrogens is 5. The molecule has 0 bridgehead atoms. The third-order valence-corrected chi connectivity index (χ3v) is 6.66. The van der Waals surface area contributed by atoms with Crippen LogP contribution in [0, 0.1) is 5.82 Å². The highest BCUT2D eigenvalue weighted by atomic mass is 19.1. The Hall–Kier alpha value is -4.37. The van der Waals surface area contributed by atoms with Crippen LogP contribution in [0.4, 0.5) is 4.39 Å². The van der Waals surface area contributed by atoms with E-state index in [0.29, 0.717) is 48.7 Å². The van der Waals surface area contributed by atoms with E-state index in [1.54, 1.807) is 23.9 Å². The van der Waals surface area contributed by atoms with E-state index in [0.717, 1.165) is 16.5 Å². The summed E-state index contributed by atoms with van der Waals surface area (Å²) < 4.78 is 20.7. The van der Waals surface area contributed by atoms with Crippen LogP contribution in [0.25, 0.3) is 10.9 Å². The molecule has 0 aliphatic rings. The monoisotopic (exact) mass is 512 g/mol. The Kier molecular flexibility index (Phi) is 7.55. The summed E-state index contributed by atoms with van der Waals surface area (Å²) in [5.74, 6) is 1.09. The molecule has 194 valence electrons. The van der Waals surface area contributed by atoms with Crippen molar-refractivity contribution in [3.8, 4) is 5.75 Å². The zero-order valence-corrected chi connectivity index (χ0v) is 21.3. The van der Waals surface area contributed by atoms with Gasteiger partial charge in [0.15, 0.2) is 5.82 Å². The van der Waals surface area contributed by atoms with Gasteiger partial charge in [0, 0.05) is 24.7 Å². The van der Waals surface area contributed by atoms with Crippen molar-refractivity contribution in [3.63, 3.8) is 0 Å². The van der Waals surface area contributed by atoms with Gasteiger partial charge >= 0.3 is 0 Å². The molecular weight excluding hydrogens is 483 g/mol. The van der Waals surface area contributed by atoms with E-state index < -0.39 is 0 Å². The molecule has 38 heavy (non-hydrogen) atoms. The highest BCUT2D eigenvalue weighted by Crippen LogP contribution is 2.27. The standard InChI is InChI=1S/C29H29FN6O2/c1-3-27(28-32-33-34-36(28)18-20-7-5-4-6-8-20)35(17-21-9-12-24(30)13-10-21)19-23-15-22-11-14-25(38-2)16-26(22)31-29(23)37/h4-16,27H,3,17-19H2,1-2H3,(H,31,37)/t27-/m1/s1. The van der Waals surface area contributed by atoms with Gasteiger partial charge in [0.25, 0.3) is 5.56 Å². The average molecular weight is 513 g/mol. The van der Waals surface area contributed by atoms with Gasteiger partial charge in [-0.2, -0.15) is 0 Å². The zero-order valence-electron chi connectivity index (χ0n) is 21.3. The zero-order chi connectivity index (χ0) is 26.5. The van der Waals surface area contributed by atoms with Crippen molar-refractivity contribution in [2.45, 2.75) is 39.0 Å². The van der Waals surface area contributed by atoms with Gasteiger partial charge in [-0.3, -0.25) is 9.69 Å². The van der Waals surface area contributed by atoms with Crippen molar-refractivity contribution >= 4 is 10.9 Å². The molecule has 2 aromatic heterocycles. The van der Waals surface area contributed by atoms with Crippen LogP contribution in [-0.2, 0) is 19.6 Å². The summed E-state index contributed by atoms with van der Waals surface area (Å²) in [6.07, 6.45) is 0.707. The van der Waals surface area contributed by atoms with E-state index in [4.69, 9.17) is 4.74 Å². The number of nitrogens with zero attached hydrogens (tertiary/aromatic N) is 5. The first-order chi connectivity index (χ1) is 18.5. The summed E-state index contributed by atoms with van der Waals surface area (Å²) in [6.45, 7) is 3.44. The molecule has 5 rings (SSSR count). The normalized spacial score (nSPS) is 12.2. The number of pyridine rings is 1. The lowest BCUT2D eigenvalue weighted by molar-refractivity contribution is 0.161.